The lowest BCUT2D eigenvalue weighted by atomic mass is 9.75. The zero-order valence-corrected chi connectivity index (χ0v) is 14.0. The van der Waals surface area contributed by atoms with Crippen LogP contribution < -0.4 is 0 Å². The van der Waals surface area contributed by atoms with Crippen LogP contribution in [0.3, 0.4) is 0 Å². The van der Waals surface area contributed by atoms with E-state index in [1.165, 1.54) is 25.6 Å². The van der Waals surface area contributed by atoms with Crippen LogP contribution in [0, 0.1) is 12.7 Å². The van der Waals surface area contributed by atoms with Crippen LogP contribution in [0.25, 0.3) is 0 Å². The van der Waals surface area contributed by atoms with Gasteiger partial charge in [0.2, 0.25) is 0 Å². The van der Waals surface area contributed by atoms with Crippen molar-refractivity contribution >= 4 is 5.97 Å². The Balaban J connectivity index is 1.98. The molecule has 1 aliphatic carbocycles. The van der Waals surface area contributed by atoms with Gasteiger partial charge in [0.1, 0.15) is 5.82 Å². The Morgan fingerprint density at radius 1 is 1.44 bits per heavy atom. The van der Waals surface area contributed by atoms with Crippen molar-refractivity contribution in [3.05, 3.63) is 53.1 Å². The predicted octanol–water partition coefficient (Wildman–Crippen LogP) is 4.10. The molecule has 4 nitrogen and oxygen atoms in total. The van der Waals surface area contributed by atoms with Crippen LogP contribution in [-0.2, 0) is 14.9 Å². The van der Waals surface area contributed by atoms with E-state index in [4.69, 9.17) is 4.74 Å². The summed E-state index contributed by atoms with van der Waals surface area (Å²) in [6.45, 7) is -1.07. The number of esters is 1. The molecule has 2 atom stereocenters. The van der Waals surface area contributed by atoms with E-state index in [9.17, 15) is 18.0 Å². The van der Waals surface area contributed by atoms with E-state index >= 15 is 0 Å². The van der Waals surface area contributed by atoms with Crippen molar-refractivity contribution < 1.29 is 22.7 Å². The number of hydrogen-bond acceptors (Lipinski definition) is 3. The first-order valence-electron chi connectivity index (χ1n) is 8.05. The SMILES string of the molecule is COC(=O)C1(c2cccc(F)c2C)CCC(c2cnn(C(F)F)c2)C1. The number of aromatic nitrogens is 2. The number of alkyl halides is 2. The van der Waals surface area contributed by atoms with Gasteiger partial charge in [-0.05, 0) is 54.9 Å². The predicted molar refractivity (Wildman–Crippen MR) is 84.9 cm³/mol. The van der Waals surface area contributed by atoms with Crippen LogP contribution in [0.2, 0.25) is 0 Å². The Morgan fingerprint density at radius 2 is 2.20 bits per heavy atom. The minimum absolute atomic E-state index is 0.116. The molecule has 0 N–H and O–H groups in total. The van der Waals surface area contributed by atoms with Crippen molar-refractivity contribution in [2.24, 2.45) is 0 Å². The number of halogens is 3. The fraction of sp³-hybridized carbons (Fsp3) is 0.444. The van der Waals surface area contributed by atoms with Crippen molar-refractivity contribution in [2.75, 3.05) is 7.11 Å². The maximum Gasteiger partial charge on any atom is 0.333 e. The monoisotopic (exact) mass is 352 g/mol. The number of nitrogens with zero attached hydrogens (tertiary/aromatic N) is 2. The van der Waals surface area contributed by atoms with E-state index in [0.29, 0.717) is 40.6 Å². The van der Waals surface area contributed by atoms with Gasteiger partial charge in [-0.1, -0.05) is 12.1 Å². The third-order valence-corrected chi connectivity index (χ3v) is 5.17. The summed E-state index contributed by atoms with van der Waals surface area (Å²) >= 11 is 0. The normalized spacial score (nSPS) is 23.2. The second-order valence-electron chi connectivity index (χ2n) is 6.46. The van der Waals surface area contributed by atoms with Gasteiger partial charge in [0.15, 0.2) is 0 Å². The fourth-order valence-electron chi connectivity index (χ4n) is 3.86. The number of carbonyl (C=O) groups excluding carboxylic acids is 1. The minimum Gasteiger partial charge on any atom is -0.468 e. The highest BCUT2D eigenvalue weighted by atomic mass is 19.3. The second-order valence-corrected chi connectivity index (χ2v) is 6.46. The Hall–Kier alpha value is -2.31. The summed E-state index contributed by atoms with van der Waals surface area (Å²) in [7, 11) is 1.31. The van der Waals surface area contributed by atoms with Gasteiger partial charge in [-0.3, -0.25) is 4.79 Å². The van der Waals surface area contributed by atoms with Gasteiger partial charge in [0.25, 0.3) is 0 Å². The molecule has 0 saturated heterocycles. The maximum atomic E-state index is 14.0. The molecule has 1 heterocycles. The lowest BCUT2D eigenvalue weighted by Gasteiger charge is -2.28. The largest absolute Gasteiger partial charge is 0.468 e. The molecule has 0 spiro atoms. The first-order chi connectivity index (χ1) is 11.9. The zero-order valence-electron chi connectivity index (χ0n) is 14.0. The average molecular weight is 352 g/mol. The molecule has 2 unspecified atom stereocenters. The summed E-state index contributed by atoms with van der Waals surface area (Å²) in [6, 6.07) is 4.66. The molecule has 0 aliphatic heterocycles. The fourth-order valence-corrected chi connectivity index (χ4v) is 3.86. The smallest absolute Gasteiger partial charge is 0.333 e. The molecule has 2 aromatic rings. The first-order valence-corrected chi connectivity index (χ1v) is 8.05. The van der Waals surface area contributed by atoms with Crippen LogP contribution in [0.1, 0.15) is 48.4 Å². The summed E-state index contributed by atoms with van der Waals surface area (Å²) in [5.74, 6) is -0.922. The van der Waals surface area contributed by atoms with E-state index < -0.39 is 17.9 Å². The molecule has 1 fully saturated rings. The number of benzene rings is 1. The number of methoxy groups -OCH3 is 1. The molecule has 7 heteroatoms. The van der Waals surface area contributed by atoms with Crippen LogP contribution >= 0.6 is 0 Å². The molecule has 0 bridgehead atoms. The number of hydrogen-bond donors (Lipinski definition) is 0. The van der Waals surface area contributed by atoms with Gasteiger partial charge in [0, 0.05) is 6.20 Å². The van der Waals surface area contributed by atoms with Gasteiger partial charge >= 0.3 is 12.5 Å². The molecule has 1 aliphatic rings. The van der Waals surface area contributed by atoms with E-state index in [-0.39, 0.29) is 11.7 Å². The highest BCUT2D eigenvalue weighted by Gasteiger charge is 2.49. The number of ether oxygens (including phenoxy) is 1. The lowest BCUT2D eigenvalue weighted by Crippen LogP contribution is -2.35. The Bertz CT molecular complexity index is 790. The van der Waals surface area contributed by atoms with Crippen molar-refractivity contribution in [1.29, 1.82) is 0 Å². The molecular formula is C18H19F3N2O2. The third-order valence-electron chi connectivity index (χ3n) is 5.17. The summed E-state index contributed by atoms with van der Waals surface area (Å²) in [5, 5.41) is 3.67. The topological polar surface area (TPSA) is 44.1 Å². The summed E-state index contributed by atoms with van der Waals surface area (Å²) in [6.07, 6.45) is 4.16. The van der Waals surface area contributed by atoms with Gasteiger partial charge in [-0.2, -0.15) is 13.9 Å². The minimum atomic E-state index is -2.70. The van der Waals surface area contributed by atoms with Gasteiger partial charge in [-0.25, -0.2) is 9.07 Å². The molecule has 0 amide bonds. The van der Waals surface area contributed by atoms with E-state index in [1.807, 2.05) is 0 Å². The zero-order chi connectivity index (χ0) is 18.2. The third kappa shape index (κ3) is 2.92. The van der Waals surface area contributed by atoms with Crippen molar-refractivity contribution in [3.63, 3.8) is 0 Å². The van der Waals surface area contributed by atoms with Gasteiger partial charge in [-0.15, -0.1) is 0 Å². The molecule has 1 aromatic carbocycles. The number of carbonyl (C=O) groups is 1. The number of rotatable bonds is 4. The molecule has 3 rings (SSSR count). The molecule has 1 aromatic heterocycles. The molecule has 25 heavy (non-hydrogen) atoms. The highest BCUT2D eigenvalue weighted by Crippen LogP contribution is 2.50. The van der Waals surface area contributed by atoms with Crippen LogP contribution in [0.5, 0.6) is 0 Å². The Morgan fingerprint density at radius 3 is 2.84 bits per heavy atom. The molecule has 1 saturated carbocycles. The average Bonchev–Trinajstić information content (AvgIpc) is 3.24. The lowest BCUT2D eigenvalue weighted by molar-refractivity contribution is -0.147. The Kier molecular flexibility index (Phi) is 4.58. The van der Waals surface area contributed by atoms with E-state index in [0.717, 1.165) is 0 Å². The van der Waals surface area contributed by atoms with Gasteiger partial charge < -0.3 is 4.74 Å². The molecule has 0 radical (unpaired) electrons. The van der Waals surface area contributed by atoms with Crippen molar-refractivity contribution in [3.8, 4) is 0 Å². The standard InChI is InChI=1S/C18H19F3N2O2/c1-11-14(4-3-5-15(11)19)18(16(24)25-2)7-6-12(8-18)13-9-22-23(10-13)17(20)21/h3-5,9-10,12,17H,6-8H2,1-2H3. The highest BCUT2D eigenvalue weighted by molar-refractivity contribution is 5.84. The summed E-state index contributed by atoms with van der Waals surface area (Å²) in [4.78, 5) is 12.6. The van der Waals surface area contributed by atoms with E-state index in [1.54, 1.807) is 19.1 Å². The van der Waals surface area contributed by atoms with Crippen molar-refractivity contribution in [2.45, 2.75) is 44.1 Å². The molecule has 134 valence electrons. The summed E-state index contributed by atoms with van der Waals surface area (Å²) in [5.41, 5.74) is 0.693. The molecular weight excluding hydrogens is 333 g/mol. The second kappa shape index (κ2) is 6.54. The maximum absolute atomic E-state index is 14.0. The quantitative estimate of drug-likeness (QED) is 0.778. The summed E-state index contributed by atoms with van der Waals surface area (Å²) < 4.78 is 45.1. The van der Waals surface area contributed by atoms with Crippen LogP contribution in [0.15, 0.2) is 30.6 Å². The van der Waals surface area contributed by atoms with E-state index in [2.05, 4.69) is 5.10 Å². The van der Waals surface area contributed by atoms with Crippen LogP contribution in [0.4, 0.5) is 13.2 Å². The van der Waals surface area contributed by atoms with Crippen LogP contribution in [-0.4, -0.2) is 22.9 Å². The first kappa shape index (κ1) is 17.5. The van der Waals surface area contributed by atoms with Crippen molar-refractivity contribution in [1.82, 2.24) is 9.78 Å². The van der Waals surface area contributed by atoms with Gasteiger partial charge in [0.05, 0.1) is 18.7 Å². The Labute approximate surface area is 143 Å².